The van der Waals surface area contributed by atoms with E-state index in [1.54, 1.807) is 0 Å². The van der Waals surface area contributed by atoms with Crippen molar-refractivity contribution in [3.63, 3.8) is 0 Å². The van der Waals surface area contributed by atoms with Gasteiger partial charge in [-0.2, -0.15) is 0 Å². The molecule has 0 aromatic carbocycles. The van der Waals surface area contributed by atoms with Crippen LogP contribution in [0, 0.1) is 0 Å². The number of carbonyl (C=O) groups is 8. The lowest BCUT2D eigenvalue weighted by Gasteiger charge is -2.24. The van der Waals surface area contributed by atoms with E-state index in [9.17, 15) is 38.4 Å². The molecule has 6 amide bonds. The topological polar surface area (TPSA) is 404 Å². The summed E-state index contributed by atoms with van der Waals surface area (Å²) in [5.41, 5.74) is 26.8. The van der Waals surface area contributed by atoms with Crippen LogP contribution in [0.3, 0.4) is 0 Å². The number of hydrogen-bond donors (Lipinski definition) is 13. The molecule has 50 heavy (non-hydrogen) atoms. The zero-order valence-electron chi connectivity index (χ0n) is 27.9. The van der Waals surface area contributed by atoms with Crippen LogP contribution in [0.15, 0.2) is 9.98 Å². The van der Waals surface area contributed by atoms with Gasteiger partial charge in [0.15, 0.2) is 11.9 Å². The maximum atomic E-state index is 13.2. The Hall–Kier alpha value is -5.74. The lowest BCUT2D eigenvalue weighted by atomic mass is 10.1. The molecule has 0 aromatic heterocycles. The summed E-state index contributed by atoms with van der Waals surface area (Å²) in [5, 5.41) is 31.8. The highest BCUT2D eigenvalue weighted by Crippen LogP contribution is 2.05. The number of nitrogens with two attached hydrogens (primary N) is 5. The number of amides is 6. The Kier molecular flexibility index (Phi) is 20.9. The van der Waals surface area contributed by atoms with Crippen LogP contribution < -0.4 is 60.6 Å². The van der Waals surface area contributed by atoms with Gasteiger partial charge in [0, 0.05) is 19.5 Å². The molecule has 5 atom stereocenters. The predicted molar refractivity (Wildman–Crippen MR) is 177 cm³/mol. The second kappa shape index (κ2) is 23.6. The first-order chi connectivity index (χ1) is 23.3. The van der Waals surface area contributed by atoms with E-state index in [1.165, 1.54) is 13.8 Å². The summed E-state index contributed by atoms with van der Waals surface area (Å²) in [7, 11) is 0. The summed E-state index contributed by atoms with van der Waals surface area (Å²) >= 11 is 0. The normalized spacial score (nSPS) is 13.4. The maximum absolute atomic E-state index is 13.2. The van der Waals surface area contributed by atoms with E-state index < -0.39 is 97.1 Å². The number of nitrogens with zero attached hydrogens (tertiary/aromatic N) is 2. The molecule has 0 spiro atoms. The molecule has 0 saturated carbocycles. The summed E-state index contributed by atoms with van der Waals surface area (Å²) in [4.78, 5) is 106. The van der Waals surface area contributed by atoms with Crippen molar-refractivity contribution in [2.45, 2.75) is 82.6 Å². The monoisotopic (exact) mass is 715 g/mol. The van der Waals surface area contributed by atoms with Crippen molar-refractivity contribution < 1.29 is 48.6 Å². The van der Waals surface area contributed by atoms with E-state index >= 15 is 0 Å². The van der Waals surface area contributed by atoms with Crippen molar-refractivity contribution in [2.75, 3.05) is 26.2 Å². The van der Waals surface area contributed by atoms with Crippen LogP contribution in [-0.2, 0) is 38.4 Å². The van der Waals surface area contributed by atoms with Crippen molar-refractivity contribution in [2.24, 2.45) is 38.7 Å². The van der Waals surface area contributed by atoms with E-state index in [-0.39, 0.29) is 57.1 Å². The van der Waals surface area contributed by atoms with Crippen molar-refractivity contribution in [1.82, 2.24) is 31.9 Å². The van der Waals surface area contributed by atoms with Crippen LogP contribution in [0.1, 0.15) is 52.4 Å². The molecule has 23 nitrogen and oxygen atoms in total. The highest BCUT2D eigenvalue weighted by molar-refractivity contribution is 5.96. The van der Waals surface area contributed by atoms with Gasteiger partial charge >= 0.3 is 11.9 Å². The standard InChI is InChI=1S/C27H49N13O10/c1-13(28)21(46)39-17(7-8-19(42)43)25(50)40-15(5-3-9-33-26(29)30)23(48)35-11-18(41)38-16(6-4-10-34-27(31)32)24(49)37-14(2)22(47)36-12-20(44)45/h13-17H,3-12,28H2,1-2H3,(H,35,48)(H,36,47)(H,37,49)(H,38,41)(H,39,46)(H,40,50)(H,42,43)(H,44,45)(H4,29,30,33)(H4,31,32,34)/t13-,14-,15-,16-,17-/m0/s1. The molecule has 0 bridgehead atoms. The van der Waals surface area contributed by atoms with E-state index in [4.69, 9.17) is 38.9 Å². The average Bonchev–Trinajstić information content (AvgIpc) is 3.02. The molecular weight excluding hydrogens is 666 g/mol. The SMILES string of the molecule is C[C@H](N)C(=O)N[C@@H](CCC(=O)O)C(=O)N[C@@H](CCCN=C(N)N)C(=O)NCC(=O)N[C@@H](CCCN=C(N)N)C(=O)N[C@@H](C)C(=O)NCC(=O)O. The number of carboxylic acids is 2. The smallest absolute Gasteiger partial charge is 0.322 e. The lowest BCUT2D eigenvalue weighted by molar-refractivity contribution is -0.139. The molecule has 0 aromatic rings. The van der Waals surface area contributed by atoms with E-state index in [1.807, 2.05) is 0 Å². The van der Waals surface area contributed by atoms with Crippen molar-refractivity contribution in [1.29, 1.82) is 0 Å². The van der Waals surface area contributed by atoms with Crippen LogP contribution >= 0.6 is 0 Å². The molecule has 0 unspecified atom stereocenters. The summed E-state index contributed by atoms with van der Waals surface area (Å²) in [6.45, 7) is 1.43. The second-order valence-electron chi connectivity index (χ2n) is 10.9. The number of rotatable bonds is 24. The van der Waals surface area contributed by atoms with Gasteiger partial charge in [-0.3, -0.25) is 48.3 Å². The van der Waals surface area contributed by atoms with Gasteiger partial charge in [0.2, 0.25) is 35.4 Å². The quantitative estimate of drug-likeness (QED) is 0.0251. The molecule has 0 saturated heterocycles. The molecule has 0 fully saturated rings. The summed E-state index contributed by atoms with van der Waals surface area (Å²) in [6.07, 6.45) is -0.512. The number of hydrogen-bond acceptors (Lipinski definition) is 11. The average molecular weight is 716 g/mol. The Labute approximate surface area is 287 Å². The molecule has 0 heterocycles. The summed E-state index contributed by atoms with van der Waals surface area (Å²) < 4.78 is 0. The Morgan fingerprint density at radius 2 is 1.04 bits per heavy atom. The predicted octanol–water partition coefficient (Wildman–Crippen LogP) is -6.42. The molecule has 0 aliphatic carbocycles. The van der Waals surface area contributed by atoms with Gasteiger partial charge in [0.1, 0.15) is 30.7 Å². The fraction of sp³-hybridized carbons (Fsp3) is 0.630. The summed E-state index contributed by atoms with van der Waals surface area (Å²) in [6, 6.07) is -6.14. The van der Waals surface area contributed by atoms with Crippen LogP contribution in [0.4, 0.5) is 0 Å². The molecule has 18 N–H and O–H groups in total. The Bertz CT molecular complexity index is 1270. The third kappa shape index (κ3) is 20.5. The van der Waals surface area contributed by atoms with Gasteiger partial charge in [-0.05, 0) is 46.0 Å². The van der Waals surface area contributed by atoms with Crippen LogP contribution in [0.2, 0.25) is 0 Å². The van der Waals surface area contributed by atoms with Crippen molar-refractivity contribution in [3.05, 3.63) is 0 Å². The van der Waals surface area contributed by atoms with Gasteiger partial charge in [-0.1, -0.05) is 0 Å². The highest BCUT2D eigenvalue weighted by Gasteiger charge is 2.29. The minimum Gasteiger partial charge on any atom is -0.481 e. The van der Waals surface area contributed by atoms with E-state index in [2.05, 4.69) is 41.9 Å². The molecule has 23 heteroatoms. The summed E-state index contributed by atoms with van der Waals surface area (Å²) in [5.74, 6) is -7.91. The number of carbonyl (C=O) groups excluding carboxylic acids is 6. The second-order valence-corrected chi connectivity index (χ2v) is 10.9. The Morgan fingerprint density at radius 1 is 0.580 bits per heavy atom. The largest absolute Gasteiger partial charge is 0.481 e. The van der Waals surface area contributed by atoms with Crippen molar-refractivity contribution in [3.8, 4) is 0 Å². The first-order valence-electron chi connectivity index (χ1n) is 15.4. The Balaban J connectivity index is 5.76. The molecular formula is C27H49N13O10. The molecule has 0 rings (SSSR count). The number of nitrogens with one attached hydrogen (secondary N) is 6. The van der Waals surface area contributed by atoms with Crippen LogP contribution in [0.25, 0.3) is 0 Å². The van der Waals surface area contributed by atoms with E-state index in [0.717, 1.165) is 0 Å². The first-order valence-corrected chi connectivity index (χ1v) is 15.4. The zero-order chi connectivity index (χ0) is 38.4. The number of guanidine groups is 2. The number of aliphatic imine (C=N–C) groups is 2. The number of carboxylic acid groups (broad SMARTS) is 2. The minimum atomic E-state index is -1.37. The molecule has 0 radical (unpaired) electrons. The van der Waals surface area contributed by atoms with Crippen LogP contribution in [-0.4, -0.2) is 126 Å². The molecule has 0 aliphatic heterocycles. The molecule has 0 aliphatic rings. The highest BCUT2D eigenvalue weighted by atomic mass is 16.4. The third-order valence-corrected chi connectivity index (χ3v) is 6.46. The van der Waals surface area contributed by atoms with Gasteiger partial charge < -0.3 is 70.8 Å². The minimum absolute atomic E-state index is 0.0138. The third-order valence-electron chi connectivity index (χ3n) is 6.46. The Morgan fingerprint density at radius 3 is 1.52 bits per heavy atom. The maximum Gasteiger partial charge on any atom is 0.322 e. The fourth-order valence-electron chi connectivity index (χ4n) is 3.89. The first kappa shape index (κ1) is 44.3. The van der Waals surface area contributed by atoms with Crippen molar-refractivity contribution >= 4 is 59.3 Å². The van der Waals surface area contributed by atoms with Gasteiger partial charge in [0.25, 0.3) is 0 Å². The van der Waals surface area contributed by atoms with Gasteiger partial charge in [-0.15, -0.1) is 0 Å². The molecule has 282 valence electrons. The fourth-order valence-corrected chi connectivity index (χ4v) is 3.89. The number of aliphatic carboxylic acids is 2. The van der Waals surface area contributed by atoms with Crippen LogP contribution in [0.5, 0.6) is 0 Å². The van der Waals surface area contributed by atoms with E-state index in [0.29, 0.717) is 0 Å². The zero-order valence-corrected chi connectivity index (χ0v) is 27.9. The lowest BCUT2D eigenvalue weighted by Crippen LogP contribution is -2.57. The van der Waals surface area contributed by atoms with Gasteiger partial charge in [0.05, 0.1) is 12.6 Å². The van der Waals surface area contributed by atoms with Gasteiger partial charge in [-0.25, -0.2) is 0 Å².